The zero-order valence-corrected chi connectivity index (χ0v) is 12.5. The smallest absolute Gasteiger partial charge is 0.319 e. The molecular formula is C13H18FN3O3S. The maximum atomic E-state index is 12.7. The summed E-state index contributed by atoms with van der Waals surface area (Å²) >= 11 is 0. The van der Waals surface area contributed by atoms with E-state index in [4.69, 9.17) is 0 Å². The molecule has 6 nitrogen and oxygen atoms in total. The predicted octanol–water partition coefficient (Wildman–Crippen LogP) is 1.37. The summed E-state index contributed by atoms with van der Waals surface area (Å²) < 4.78 is 36.9. The van der Waals surface area contributed by atoms with Crippen molar-refractivity contribution < 1.29 is 17.6 Å². The van der Waals surface area contributed by atoms with E-state index >= 15 is 0 Å². The molecule has 1 aliphatic rings. The molecule has 1 aromatic carbocycles. The molecule has 2 N–H and O–H groups in total. The summed E-state index contributed by atoms with van der Waals surface area (Å²) in [6.45, 7) is 0.806. The molecule has 21 heavy (non-hydrogen) atoms. The van der Waals surface area contributed by atoms with Gasteiger partial charge in [0.2, 0.25) is 10.0 Å². The number of hydrogen-bond donors (Lipinski definition) is 2. The number of carbonyl (C=O) groups excluding carboxylic acids is 1. The SMILES string of the molecule is CS(=O)(=O)N1CCC(NC(=O)Nc2ccc(F)cc2)CC1. The second-order valence-electron chi connectivity index (χ2n) is 5.04. The fraction of sp³-hybridized carbons (Fsp3) is 0.462. The van der Waals surface area contributed by atoms with Crippen LogP contribution < -0.4 is 10.6 Å². The summed E-state index contributed by atoms with van der Waals surface area (Å²) in [7, 11) is -3.16. The van der Waals surface area contributed by atoms with E-state index in [-0.39, 0.29) is 17.9 Å². The summed E-state index contributed by atoms with van der Waals surface area (Å²) in [6, 6.07) is 5.03. The monoisotopic (exact) mass is 315 g/mol. The van der Waals surface area contributed by atoms with Gasteiger partial charge in [-0.2, -0.15) is 0 Å². The summed E-state index contributed by atoms with van der Waals surface area (Å²) in [4.78, 5) is 11.8. The first-order chi connectivity index (χ1) is 9.84. The molecule has 0 saturated carbocycles. The van der Waals surface area contributed by atoms with E-state index in [1.54, 1.807) is 0 Å². The Labute approximate surface area is 123 Å². The maximum Gasteiger partial charge on any atom is 0.319 e. The van der Waals surface area contributed by atoms with Crippen molar-refractivity contribution in [2.45, 2.75) is 18.9 Å². The van der Waals surface area contributed by atoms with Crippen LogP contribution in [0, 0.1) is 5.82 Å². The third-order valence-electron chi connectivity index (χ3n) is 3.36. The van der Waals surface area contributed by atoms with Gasteiger partial charge < -0.3 is 10.6 Å². The van der Waals surface area contributed by atoms with Gasteiger partial charge in [-0.15, -0.1) is 0 Å². The van der Waals surface area contributed by atoms with E-state index in [0.29, 0.717) is 31.6 Å². The number of halogens is 1. The van der Waals surface area contributed by atoms with Crippen LogP contribution in [0.1, 0.15) is 12.8 Å². The first-order valence-electron chi connectivity index (χ1n) is 6.63. The number of nitrogens with zero attached hydrogens (tertiary/aromatic N) is 1. The van der Waals surface area contributed by atoms with Crippen LogP contribution in [0.15, 0.2) is 24.3 Å². The van der Waals surface area contributed by atoms with E-state index in [2.05, 4.69) is 10.6 Å². The number of rotatable bonds is 3. The highest BCUT2D eigenvalue weighted by atomic mass is 32.2. The molecule has 1 fully saturated rings. The Morgan fingerprint density at radius 1 is 1.24 bits per heavy atom. The van der Waals surface area contributed by atoms with Crippen LogP contribution in [0.5, 0.6) is 0 Å². The van der Waals surface area contributed by atoms with E-state index in [1.807, 2.05) is 0 Å². The second kappa shape index (κ2) is 6.40. The van der Waals surface area contributed by atoms with Gasteiger partial charge in [-0.05, 0) is 37.1 Å². The van der Waals surface area contributed by atoms with Crippen molar-refractivity contribution in [3.63, 3.8) is 0 Å². The van der Waals surface area contributed by atoms with E-state index < -0.39 is 10.0 Å². The van der Waals surface area contributed by atoms with Crippen molar-refractivity contribution in [1.29, 1.82) is 0 Å². The van der Waals surface area contributed by atoms with Crippen LogP contribution in [0.4, 0.5) is 14.9 Å². The molecule has 0 radical (unpaired) electrons. The third-order valence-corrected chi connectivity index (χ3v) is 4.66. The molecule has 0 spiro atoms. The molecule has 1 saturated heterocycles. The quantitative estimate of drug-likeness (QED) is 0.884. The van der Waals surface area contributed by atoms with Crippen LogP contribution in [0.2, 0.25) is 0 Å². The van der Waals surface area contributed by atoms with Gasteiger partial charge in [-0.1, -0.05) is 0 Å². The van der Waals surface area contributed by atoms with Crippen molar-refractivity contribution in [3.05, 3.63) is 30.1 Å². The molecule has 2 amide bonds. The number of benzene rings is 1. The zero-order chi connectivity index (χ0) is 15.5. The molecule has 2 rings (SSSR count). The van der Waals surface area contributed by atoms with Gasteiger partial charge in [-0.3, -0.25) is 0 Å². The van der Waals surface area contributed by atoms with Crippen LogP contribution in [0.25, 0.3) is 0 Å². The minimum absolute atomic E-state index is 0.0663. The Kier molecular flexibility index (Phi) is 4.79. The number of nitrogens with one attached hydrogen (secondary N) is 2. The number of carbonyl (C=O) groups is 1. The lowest BCUT2D eigenvalue weighted by Crippen LogP contribution is -2.47. The standard InChI is InChI=1S/C13H18FN3O3S/c1-21(19,20)17-8-6-12(7-9-17)16-13(18)15-11-4-2-10(14)3-5-11/h2-5,12H,6-9H2,1H3,(H2,15,16,18). The lowest BCUT2D eigenvalue weighted by Gasteiger charge is -2.30. The average Bonchev–Trinajstić information content (AvgIpc) is 2.41. The number of hydrogen-bond acceptors (Lipinski definition) is 3. The van der Waals surface area contributed by atoms with Crippen molar-refractivity contribution >= 4 is 21.7 Å². The molecule has 0 bridgehead atoms. The number of anilines is 1. The topological polar surface area (TPSA) is 78.5 Å². The first-order valence-corrected chi connectivity index (χ1v) is 8.47. The largest absolute Gasteiger partial charge is 0.335 e. The highest BCUT2D eigenvalue weighted by molar-refractivity contribution is 7.88. The van der Waals surface area contributed by atoms with Crippen LogP contribution in [0.3, 0.4) is 0 Å². The van der Waals surface area contributed by atoms with Crippen LogP contribution in [-0.2, 0) is 10.0 Å². The molecule has 0 aromatic heterocycles. The molecular weight excluding hydrogens is 297 g/mol. The summed E-state index contributed by atoms with van der Waals surface area (Å²) in [5.74, 6) is -0.367. The van der Waals surface area contributed by atoms with Crippen molar-refractivity contribution in [1.82, 2.24) is 9.62 Å². The van der Waals surface area contributed by atoms with Crippen molar-refractivity contribution in [2.75, 3.05) is 24.7 Å². The summed E-state index contributed by atoms with van der Waals surface area (Å²) in [5, 5.41) is 5.40. The first kappa shape index (κ1) is 15.7. The highest BCUT2D eigenvalue weighted by Crippen LogP contribution is 2.14. The number of piperidine rings is 1. The molecule has 0 unspecified atom stereocenters. The Morgan fingerprint density at radius 2 is 1.81 bits per heavy atom. The Bertz CT molecular complexity index is 596. The van der Waals surface area contributed by atoms with E-state index in [0.717, 1.165) is 0 Å². The average molecular weight is 315 g/mol. The highest BCUT2D eigenvalue weighted by Gasteiger charge is 2.25. The minimum Gasteiger partial charge on any atom is -0.335 e. The predicted molar refractivity (Wildman–Crippen MR) is 78.0 cm³/mol. The Morgan fingerprint density at radius 3 is 2.33 bits per heavy atom. The number of urea groups is 1. The normalized spacial score (nSPS) is 17.4. The van der Waals surface area contributed by atoms with Gasteiger partial charge in [0.05, 0.1) is 6.26 Å². The molecule has 1 heterocycles. The maximum absolute atomic E-state index is 12.7. The van der Waals surface area contributed by atoms with Gasteiger partial charge >= 0.3 is 6.03 Å². The summed E-state index contributed by atoms with van der Waals surface area (Å²) in [5.41, 5.74) is 0.502. The number of sulfonamides is 1. The molecule has 1 aliphatic heterocycles. The van der Waals surface area contributed by atoms with Gasteiger partial charge in [0, 0.05) is 24.8 Å². The van der Waals surface area contributed by atoms with Crippen molar-refractivity contribution in [3.8, 4) is 0 Å². The van der Waals surface area contributed by atoms with E-state index in [1.165, 1.54) is 34.8 Å². The second-order valence-corrected chi connectivity index (χ2v) is 7.02. The van der Waals surface area contributed by atoms with Crippen LogP contribution in [-0.4, -0.2) is 44.1 Å². The Hall–Kier alpha value is -1.67. The lowest BCUT2D eigenvalue weighted by molar-refractivity contribution is 0.238. The third kappa shape index (κ3) is 4.68. The zero-order valence-electron chi connectivity index (χ0n) is 11.7. The van der Waals surface area contributed by atoms with Crippen molar-refractivity contribution in [2.24, 2.45) is 0 Å². The van der Waals surface area contributed by atoms with Crippen LogP contribution >= 0.6 is 0 Å². The van der Waals surface area contributed by atoms with Gasteiger partial charge in [0.15, 0.2) is 0 Å². The summed E-state index contributed by atoms with van der Waals surface area (Å²) in [6.07, 6.45) is 2.33. The van der Waals surface area contributed by atoms with Gasteiger partial charge in [0.25, 0.3) is 0 Å². The minimum atomic E-state index is -3.16. The fourth-order valence-electron chi connectivity index (χ4n) is 2.22. The number of amides is 2. The molecule has 0 aliphatic carbocycles. The lowest BCUT2D eigenvalue weighted by atomic mass is 10.1. The molecule has 116 valence electrons. The van der Waals surface area contributed by atoms with E-state index in [9.17, 15) is 17.6 Å². The van der Waals surface area contributed by atoms with Gasteiger partial charge in [-0.25, -0.2) is 21.9 Å². The Balaban J connectivity index is 1.80. The molecule has 1 aromatic rings. The molecule has 0 atom stereocenters. The fourth-order valence-corrected chi connectivity index (χ4v) is 3.09. The molecule has 8 heteroatoms. The van der Waals surface area contributed by atoms with Gasteiger partial charge in [0.1, 0.15) is 5.82 Å².